The topological polar surface area (TPSA) is 88.5 Å². The number of unbranched alkanes of at least 4 members (excludes halogenated alkanes) is 1. The van der Waals surface area contributed by atoms with Gasteiger partial charge in [-0.1, -0.05) is 31.9 Å². The van der Waals surface area contributed by atoms with Crippen LogP contribution in [0.1, 0.15) is 73.7 Å². The van der Waals surface area contributed by atoms with Gasteiger partial charge in [0.2, 0.25) is 5.91 Å². The lowest BCUT2D eigenvalue weighted by Gasteiger charge is -2.36. The average Bonchev–Trinajstić information content (AvgIpc) is 3.01. The van der Waals surface area contributed by atoms with E-state index in [0.717, 1.165) is 45.5 Å². The number of likely N-dealkylation sites (tertiary alicyclic amines) is 1. The number of benzene rings is 2. The Morgan fingerprint density at radius 1 is 1.05 bits per heavy atom. The van der Waals surface area contributed by atoms with Crippen LogP contribution in [0.2, 0.25) is 0 Å². The van der Waals surface area contributed by atoms with Gasteiger partial charge in [-0.25, -0.2) is 8.78 Å². The number of carbonyl (C=O) groups is 2. The number of methoxy groups -OCH3 is 2. The molecule has 0 aliphatic carbocycles. The van der Waals surface area contributed by atoms with Crippen molar-refractivity contribution >= 4 is 12.2 Å². The molecule has 248 valence electrons. The Morgan fingerprint density at radius 3 is 2.27 bits per heavy atom. The van der Waals surface area contributed by atoms with Crippen molar-refractivity contribution in [1.29, 1.82) is 0 Å². The van der Waals surface area contributed by atoms with E-state index in [1.807, 2.05) is 26.0 Å². The van der Waals surface area contributed by atoms with Crippen LogP contribution in [0, 0.1) is 5.92 Å². The number of piperidine rings is 1. The number of halogens is 2. The van der Waals surface area contributed by atoms with Crippen LogP contribution in [0.25, 0.3) is 0 Å². The molecule has 0 spiro atoms. The number of aliphatic hydroxyl groups is 1. The molecule has 0 bridgehead atoms. The molecule has 2 aromatic carbocycles. The minimum Gasteiger partial charge on any atom is -0.497 e. The van der Waals surface area contributed by atoms with Gasteiger partial charge in [-0.05, 0) is 82.6 Å². The summed E-state index contributed by atoms with van der Waals surface area (Å²) in [6, 6.07) is 11.6. The molecule has 1 saturated heterocycles. The molecule has 1 N–H and O–H groups in total. The van der Waals surface area contributed by atoms with E-state index in [-0.39, 0.29) is 6.42 Å². The van der Waals surface area contributed by atoms with Crippen LogP contribution in [0.15, 0.2) is 42.5 Å². The highest BCUT2D eigenvalue weighted by molar-refractivity contribution is 5.85. The van der Waals surface area contributed by atoms with Crippen molar-refractivity contribution in [1.82, 2.24) is 9.80 Å². The summed E-state index contributed by atoms with van der Waals surface area (Å²) < 4.78 is 46.6. The zero-order valence-corrected chi connectivity index (χ0v) is 27.5. The van der Waals surface area contributed by atoms with Crippen LogP contribution in [0.3, 0.4) is 0 Å². The fourth-order valence-corrected chi connectivity index (χ4v) is 5.09. The van der Waals surface area contributed by atoms with Gasteiger partial charge in [-0.15, -0.1) is 0 Å². The van der Waals surface area contributed by atoms with Gasteiger partial charge in [0.25, 0.3) is 5.92 Å². The molecule has 1 aliphatic heterocycles. The molecule has 0 aromatic heterocycles. The van der Waals surface area contributed by atoms with Crippen molar-refractivity contribution in [2.75, 3.05) is 62.2 Å². The zero-order valence-electron chi connectivity index (χ0n) is 27.5. The summed E-state index contributed by atoms with van der Waals surface area (Å²) in [7, 11) is 10.0. The lowest BCUT2D eigenvalue weighted by Crippen LogP contribution is -2.46. The molecule has 1 heterocycles. The Hall–Kier alpha value is -3.24. The van der Waals surface area contributed by atoms with Crippen molar-refractivity contribution in [3.8, 4) is 17.2 Å². The number of aldehydes is 1. The Labute approximate surface area is 262 Å². The maximum Gasteiger partial charge on any atom is 0.263 e. The van der Waals surface area contributed by atoms with Gasteiger partial charge in [0.05, 0.1) is 26.4 Å². The smallest absolute Gasteiger partial charge is 0.263 e. The molecule has 2 aromatic rings. The lowest BCUT2D eigenvalue weighted by molar-refractivity contribution is -0.145. The molecule has 8 nitrogen and oxygen atoms in total. The SMILES string of the molecule is CCCC(F)(F)C(C(=O)N1CCC(CCCCOc2ccc(C=O)c(OC)c2)CC1)c1cccc(OC)c1.CN(C)C.CO. The number of rotatable bonds is 14. The van der Waals surface area contributed by atoms with Crippen molar-refractivity contribution < 1.29 is 37.7 Å². The predicted molar refractivity (Wildman–Crippen MR) is 170 cm³/mol. The van der Waals surface area contributed by atoms with Crippen LogP contribution < -0.4 is 14.2 Å². The number of carbonyl (C=O) groups excluding carboxylic acids is 2. The first kappa shape index (κ1) is 38.8. The number of aliphatic hydroxyl groups excluding tert-OH is 1. The van der Waals surface area contributed by atoms with Gasteiger partial charge in [0, 0.05) is 32.7 Å². The minimum absolute atomic E-state index is 0.296. The van der Waals surface area contributed by atoms with Crippen LogP contribution in [0.5, 0.6) is 17.2 Å². The Balaban J connectivity index is 0.00000149. The molecule has 0 saturated carbocycles. The first-order valence-electron chi connectivity index (χ1n) is 15.2. The molecule has 1 aliphatic rings. The summed E-state index contributed by atoms with van der Waals surface area (Å²) in [5.41, 5.74) is 0.780. The summed E-state index contributed by atoms with van der Waals surface area (Å²) in [6.45, 7) is 3.24. The van der Waals surface area contributed by atoms with Gasteiger partial charge >= 0.3 is 0 Å². The molecule has 3 rings (SSSR count). The Kier molecular flexibility index (Phi) is 18.2. The number of hydrogen-bond donors (Lipinski definition) is 1. The number of amides is 1. The molecule has 1 unspecified atom stereocenters. The van der Waals surface area contributed by atoms with Crippen molar-refractivity contribution in [3.63, 3.8) is 0 Å². The second kappa shape index (κ2) is 20.7. The first-order valence-corrected chi connectivity index (χ1v) is 15.2. The normalized spacial score (nSPS) is 14.0. The van der Waals surface area contributed by atoms with Gasteiger partial charge < -0.3 is 29.1 Å². The number of nitrogens with zero attached hydrogens (tertiary/aromatic N) is 2. The van der Waals surface area contributed by atoms with Crippen molar-refractivity contribution in [2.24, 2.45) is 5.92 Å². The molecular weight excluding hydrogens is 570 g/mol. The molecule has 1 amide bonds. The number of alkyl halides is 2. The van der Waals surface area contributed by atoms with E-state index < -0.39 is 17.7 Å². The fourth-order valence-electron chi connectivity index (χ4n) is 5.09. The van der Waals surface area contributed by atoms with Gasteiger partial charge in [0.15, 0.2) is 6.29 Å². The molecule has 44 heavy (non-hydrogen) atoms. The fraction of sp³-hybridized carbons (Fsp3) is 0.588. The maximum atomic E-state index is 15.2. The van der Waals surface area contributed by atoms with E-state index >= 15 is 8.78 Å². The van der Waals surface area contributed by atoms with Gasteiger partial charge in [0.1, 0.15) is 23.2 Å². The Bertz CT molecular complexity index is 1100. The maximum absolute atomic E-state index is 15.2. The van der Waals surface area contributed by atoms with E-state index in [1.165, 1.54) is 14.2 Å². The second-order valence-corrected chi connectivity index (χ2v) is 11.2. The molecule has 1 atom stereocenters. The molecule has 0 radical (unpaired) electrons. The standard InChI is InChI=1S/C30H39F2NO5.C3H9N.CH4O/c1-4-15-30(31,32)28(23-9-7-10-25(19-23)36-2)29(35)33-16-13-22(14-17-33)8-5-6-18-38-26-12-11-24(21-34)27(20-26)37-3;1-4(2)3;1-2/h7,9-12,19-22,28H,4-6,8,13-18H2,1-3H3;1-3H3;2H,1H3. The van der Waals surface area contributed by atoms with Crippen LogP contribution in [-0.2, 0) is 4.79 Å². The van der Waals surface area contributed by atoms with E-state index in [9.17, 15) is 9.59 Å². The minimum atomic E-state index is -3.13. The summed E-state index contributed by atoms with van der Waals surface area (Å²) in [5, 5.41) is 7.00. The third-order valence-corrected chi connectivity index (χ3v) is 7.21. The highest BCUT2D eigenvalue weighted by Gasteiger charge is 2.46. The van der Waals surface area contributed by atoms with Crippen molar-refractivity contribution in [2.45, 2.75) is 63.7 Å². The largest absolute Gasteiger partial charge is 0.497 e. The monoisotopic (exact) mass is 622 g/mol. The average molecular weight is 623 g/mol. The molecule has 1 fully saturated rings. The molecule has 10 heteroatoms. The van der Waals surface area contributed by atoms with Gasteiger partial charge in [-0.2, -0.15) is 0 Å². The van der Waals surface area contributed by atoms with Crippen molar-refractivity contribution in [3.05, 3.63) is 53.6 Å². The van der Waals surface area contributed by atoms with Gasteiger partial charge in [-0.3, -0.25) is 9.59 Å². The number of ether oxygens (including phenoxy) is 3. The summed E-state index contributed by atoms with van der Waals surface area (Å²) >= 11 is 0. The number of hydrogen-bond acceptors (Lipinski definition) is 7. The highest BCUT2D eigenvalue weighted by atomic mass is 19.3. The van der Waals surface area contributed by atoms with Crippen LogP contribution in [0.4, 0.5) is 8.78 Å². The zero-order chi connectivity index (χ0) is 33.1. The van der Waals surface area contributed by atoms with E-state index in [4.69, 9.17) is 19.3 Å². The quantitative estimate of drug-likeness (QED) is 0.195. The summed E-state index contributed by atoms with van der Waals surface area (Å²) in [5.74, 6) is -3.08. The summed E-state index contributed by atoms with van der Waals surface area (Å²) in [4.78, 5) is 28.0. The highest BCUT2D eigenvalue weighted by Crippen LogP contribution is 2.40. The Morgan fingerprint density at radius 2 is 1.70 bits per heavy atom. The van der Waals surface area contributed by atoms with E-state index in [1.54, 1.807) is 54.3 Å². The first-order chi connectivity index (χ1) is 21.1. The molecular formula is C34H52F2N2O6. The summed E-state index contributed by atoms with van der Waals surface area (Å²) in [6.07, 6.45) is 5.17. The third-order valence-electron chi connectivity index (χ3n) is 7.21. The second-order valence-electron chi connectivity index (χ2n) is 11.2. The van der Waals surface area contributed by atoms with Crippen LogP contribution >= 0.6 is 0 Å². The van der Waals surface area contributed by atoms with E-state index in [2.05, 4.69) is 0 Å². The lowest BCUT2D eigenvalue weighted by atomic mass is 9.86. The van der Waals surface area contributed by atoms with E-state index in [0.29, 0.717) is 60.4 Å². The third kappa shape index (κ3) is 12.8. The van der Waals surface area contributed by atoms with Crippen LogP contribution in [-0.4, -0.2) is 95.2 Å². The predicted octanol–water partition coefficient (Wildman–Crippen LogP) is 6.31.